The van der Waals surface area contributed by atoms with E-state index in [1.807, 2.05) is 103 Å². The first-order chi connectivity index (χ1) is 33.7. The molecular weight excluding hydrogens is 823 g/mol. The highest BCUT2D eigenvalue weighted by Crippen LogP contribution is 2.44. The Hall–Kier alpha value is -7.35. The van der Waals surface area contributed by atoms with Crippen LogP contribution in [0.3, 0.4) is 0 Å². The SMILES string of the molecule is [2H]c1c(-c2ccc3sc4ccccc4c3c2)c([2H])c2c(sc3c([2H])c(-c4nc(-c5ccc(-c6ccccc6)cc5)nc(-c5cc(-c6ccccc6)cc6sc7ccccc7c56)n4)c([2H])c([2H])c32)c1[2H]. The van der Waals surface area contributed by atoms with Gasteiger partial charge in [-0.2, -0.15) is 0 Å². The molecule has 0 unspecified atom stereocenters. The Morgan fingerprint density at radius 1 is 0.302 bits per heavy atom. The van der Waals surface area contributed by atoms with Crippen LogP contribution in [-0.4, -0.2) is 15.0 Å². The van der Waals surface area contributed by atoms with Crippen molar-refractivity contribution < 1.29 is 8.22 Å². The van der Waals surface area contributed by atoms with Crippen LogP contribution in [0.1, 0.15) is 8.22 Å². The van der Waals surface area contributed by atoms with Gasteiger partial charge in [0.1, 0.15) is 0 Å². The molecule has 13 aromatic rings. The largest absolute Gasteiger partial charge is 0.208 e. The van der Waals surface area contributed by atoms with E-state index in [9.17, 15) is 8.22 Å². The van der Waals surface area contributed by atoms with Gasteiger partial charge in [-0.3, -0.25) is 0 Å². The highest BCUT2D eigenvalue weighted by molar-refractivity contribution is 7.26. The van der Waals surface area contributed by atoms with Gasteiger partial charge in [0.2, 0.25) is 0 Å². The molecule has 9 aromatic carbocycles. The molecule has 0 fully saturated rings. The Kier molecular flexibility index (Phi) is 7.12. The number of thiophene rings is 3. The predicted molar refractivity (Wildman–Crippen MR) is 271 cm³/mol. The zero-order valence-corrected chi connectivity index (χ0v) is 35.6. The first-order valence-corrected chi connectivity index (χ1v) is 23.0. The molecule has 3 nitrogen and oxygen atoms in total. The number of nitrogens with zero attached hydrogens (tertiary/aromatic N) is 3. The molecule has 0 amide bonds. The van der Waals surface area contributed by atoms with Gasteiger partial charge in [-0.25, -0.2) is 15.0 Å². The van der Waals surface area contributed by atoms with Crippen molar-refractivity contribution in [3.8, 4) is 67.5 Å². The highest BCUT2D eigenvalue weighted by Gasteiger charge is 2.20. The molecule has 13 rings (SSSR count). The number of rotatable bonds is 6. The van der Waals surface area contributed by atoms with Gasteiger partial charge in [-0.1, -0.05) is 146 Å². The van der Waals surface area contributed by atoms with Crippen LogP contribution in [0.4, 0.5) is 0 Å². The monoisotopic (exact) mass is 861 g/mol. The third kappa shape index (κ3) is 6.25. The molecule has 0 aliphatic heterocycles. The van der Waals surface area contributed by atoms with Crippen molar-refractivity contribution >= 4 is 94.5 Å². The molecule has 0 radical (unpaired) electrons. The smallest absolute Gasteiger partial charge is 0.164 e. The first-order valence-electron chi connectivity index (χ1n) is 23.5. The molecule has 0 atom stereocenters. The summed E-state index contributed by atoms with van der Waals surface area (Å²) in [6.45, 7) is 0. The van der Waals surface area contributed by atoms with Gasteiger partial charge in [-0.05, 0) is 87.9 Å². The molecule has 0 N–H and O–H groups in total. The van der Waals surface area contributed by atoms with E-state index in [0.29, 0.717) is 37.6 Å². The van der Waals surface area contributed by atoms with Crippen molar-refractivity contribution in [2.45, 2.75) is 0 Å². The second kappa shape index (κ2) is 14.6. The van der Waals surface area contributed by atoms with Gasteiger partial charge < -0.3 is 0 Å². The fourth-order valence-electron chi connectivity index (χ4n) is 8.54. The fourth-order valence-corrected chi connectivity index (χ4v) is 11.8. The summed E-state index contributed by atoms with van der Waals surface area (Å²) in [6.07, 6.45) is 0. The maximum Gasteiger partial charge on any atom is 0.164 e. The lowest BCUT2D eigenvalue weighted by Crippen LogP contribution is -2.00. The van der Waals surface area contributed by atoms with Gasteiger partial charge in [-0.15, -0.1) is 34.0 Å². The summed E-state index contributed by atoms with van der Waals surface area (Å²) in [5.41, 5.74) is 6.53. The van der Waals surface area contributed by atoms with E-state index >= 15 is 0 Å². The summed E-state index contributed by atoms with van der Waals surface area (Å²) < 4.78 is 62.6. The summed E-state index contributed by atoms with van der Waals surface area (Å²) >= 11 is 4.48. The van der Waals surface area contributed by atoms with Gasteiger partial charge >= 0.3 is 0 Å². The number of fused-ring (bicyclic) bond motifs is 9. The lowest BCUT2D eigenvalue weighted by Gasteiger charge is -2.12. The number of hydrogen-bond acceptors (Lipinski definition) is 6. The van der Waals surface area contributed by atoms with Crippen LogP contribution in [0.15, 0.2) is 200 Å². The molecule has 63 heavy (non-hydrogen) atoms. The zero-order chi connectivity index (χ0) is 46.7. The quantitative estimate of drug-likeness (QED) is 0.167. The molecule has 294 valence electrons. The Balaban J connectivity index is 1.05. The first kappa shape index (κ1) is 30.6. The highest BCUT2D eigenvalue weighted by atomic mass is 32.1. The minimum atomic E-state index is -0.271. The fraction of sp³-hybridized carbons (Fsp3) is 0. The maximum atomic E-state index is 9.88. The standard InChI is InChI=1S/C57H33N3S3/c1-3-11-34(12-4-1)36-19-21-37(22-20-36)55-58-56(60-57(59-55)47-31-41(35-13-5-2-6-14-35)33-53-54(47)44-16-8-10-18-49(44)63-53)40-23-26-43-46-30-39(25-28-51(46)62-52(43)32-40)38-24-27-50-45(29-38)42-15-7-9-17-48(42)61-50/h1-33H/i23D,25D,26D,28D,30D,32D. The average molecular weight is 862 g/mol. The van der Waals surface area contributed by atoms with E-state index < -0.39 is 0 Å². The van der Waals surface area contributed by atoms with Crippen LogP contribution in [0.25, 0.3) is 128 Å². The maximum absolute atomic E-state index is 9.88. The lowest BCUT2D eigenvalue weighted by atomic mass is 9.98. The number of aromatic nitrogens is 3. The second-order valence-corrected chi connectivity index (χ2v) is 18.6. The van der Waals surface area contributed by atoms with Gasteiger partial charge in [0.15, 0.2) is 17.5 Å². The predicted octanol–water partition coefficient (Wildman–Crippen LogP) is 17.0. The minimum absolute atomic E-state index is 0.00910. The Morgan fingerprint density at radius 2 is 0.873 bits per heavy atom. The molecule has 6 heteroatoms. The van der Waals surface area contributed by atoms with Gasteiger partial charge in [0.05, 0.1) is 8.22 Å². The Bertz CT molecular complexity index is 4260. The number of hydrogen-bond donors (Lipinski definition) is 0. The summed E-state index contributed by atoms with van der Waals surface area (Å²) in [5, 5.41) is 4.65. The normalized spacial score (nSPS) is 13.1. The molecule has 4 aromatic heterocycles. The second-order valence-electron chi connectivity index (χ2n) is 15.4. The Morgan fingerprint density at radius 3 is 1.67 bits per heavy atom. The van der Waals surface area contributed by atoms with Gasteiger partial charge in [0.25, 0.3) is 0 Å². The summed E-state index contributed by atoms with van der Waals surface area (Å²) in [4.78, 5) is 15.4. The van der Waals surface area contributed by atoms with Crippen molar-refractivity contribution in [1.29, 1.82) is 0 Å². The van der Waals surface area contributed by atoms with Crippen molar-refractivity contribution in [1.82, 2.24) is 15.0 Å². The van der Waals surface area contributed by atoms with Crippen LogP contribution in [0.5, 0.6) is 0 Å². The van der Waals surface area contributed by atoms with Crippen LogP contribution < -0.4 is 0 Å². The molecule has 0 aliphatic carbocycles. The third-order valence-corrected chi connectivity index (χ3v) is 14.9. The van der Waals surface area contributed by atoms with Crippen molar-refractivity contribution in [3.05, 3.63) is 200 Å². The molecule has 0 aliphatic rings. The van der Waals surface area contributed by atoms with E-state index in [1.165, 1.54) is 0 Å². The van der Waals surface area contributed by atoms with Crippen LogP contribution in [-0.2, 0) is 0 Å². The number of benzene rings is 9. The van der Waals surface area contributed by atoms with Crippen LogP contribution >= 0.6 is 34.0 Å². The van der Waals surface area contributed by atoms with E-state index in [1.54, 1.807) is 22.7 Å². The van der Waals surface area contributed by atoms with E-state index in [-0.39, 0.29) is 58.6 Å². The van der Waals surface area contributed by atoms with Crippen LogP contribution in [0, 0.1) is 0 Å². The summed E-state index contributed by atoms with van der Waals surface area (Å²) in [7, 11) is 0. The molecule has 4 heterocycles. The molecule has 0 saturated carbocycles. The lowest BCUT2D eigenvalue weighted by molar-refractivity contribution is 1.08. The summed E-state index contributed by atoms with van der Waals surface area (Å²) in [6, 6.07) is 54.1. The van der Waals surface area contributed by atoms with Crippen molar-refractivity contribution in [3.63, 3.8) is 0 Å². The Labute approximate surface area is 383 Å². The van der Waals surface area contributed by atoms with Crippen molar-refractivity contribution in [2.75, 3.05) is 0 Å². The zero-order valence-electron chi connectivity index (χ0n) is 39.2. The van der Waals surface area contributed by atoms with Crippen LogP contribution in [0.2, 0.25) is 0 Å². The van der Waals surface area contributed by atoms with Crippen molar-refractivity contribution in [2.24, 2.45) is 0 Å². The van der Waals surface area contributed by atoms with Gasteiger partial charge in [0, 0.05) is 77.2 Å². The molecule has 0 spiro atoms. The summed E-state index contributed by atoms with van der Waals surface area (Å²) in [5.74, 6) is 0.768. The molecular formula is C57H33N3S3. The average Bonchev–Trinajstić information content (AvgIpc) is 4.10. The topological polar surface area (TPSA) is 38.7 Å². The van der Waals surface area contributed by atoms with E-state index in [4.69, 9.17) is 15.0 Å². The third-order valence-electron chi connectivity index (χ3n) is 11.6. The van der Waals surface area contributed by atoms with E-state index in [2.05, 4.69) is 60.7 Å². The minimum Gasteiger partial charge on any atom is -0.208 e. The molecule has 0 saturated heterocycles. The van der Waals surface area contributed by atoms with E-state index in [0.717, 1.165) is 79.5 Å². The molecule has 0 bridgehead atoms.